The molecular formula is C24H40N6O4S. The first-order chi connectivity index (χ1) is 16.8. The summed E-state index contributed by atoms with van der Waals surface area (Å²) in [7, 11) is 3.05. The molecule has 1 aromatic carbocycles. The summed E-state index contributed by atoms with van der Waals surface area (Å²) in [6, 6.07) is 8.80. The number of hydrogen-bond acceptors (Lipinski definition) is 6. The van der Waals surface area contributed by atoms with Crippen molar-refractivity contribution in [3.8, 4) is 0 Å². The Bertz CT molecular complexity index is 825. The first-order valence-electron chi connectivity index (χ1n) is 11.7. The number of aliphatic imine (C=N–C) groups is 1. The number of benzene rings is 1. The van der Waals surface area contributed by atoms with Crippen molar-refractivity contribution < 1.29 is 18.9 Å². The molecule has 0 spiro atoms. The fraction of sp³-hybridized carbons (Fsp3) is 0.542. The first-order valence-corrected chi connectivity index (χ1v) is 12.8. The average molecular weight is 509 g/mol. The lowest BCUT2D eigenvalue weighted by molar-refractivity contribution is -0.127. The maximum absolute atomic E-state index is 12.5. The van der Waals surface area contributed by atoms with Crippen LogP contribution in [0.1, 0.15) is 31.2 Å². The number of amides is 2. The normalized spacial score (nSPS) is 15.6. The standard InChI is InChI=1S/C20H31N5O4S.C4H9N/c1-15(23-14-21-2)30(29)25(4)13-18(26)17(12-16-8-6-5-7-9-16)24-20(28)11-10-19(27)22-3;1-2-4-5-3-1/h5-9,14,17-18,26H,1,10-13H2,2-4H3,(H,21,23)(H,22,27)(H,24,28);5H,1-4H2. The Labute approximate surface area is 211 Å². The Kier molecular flexibility index (Phi) is 15.5. The summed E-state index contributed by atoms with van der Waals surface area (Å²) in [5.74, 6) is -0.574. The SMILES string of the molecule is C1CCNC1.C=C(NC=NC)S(=O)N(C)CC(O)C(Cc1ccccc1)NC(=O)CCC(=O)NC. The summed E-state index contributed by atoms with van der Waals surface area (Å²) >= 11 is 0. The molecule has 2 rings (SSSR count). The molecule has 35 heavy (non-hydrogen) atoms. The minimum atomic E-state index is -1.61. The number of likely N-dealkylation sites (N-methyl/N-ethyl adjacent to an activating group) is 1. The molecule has 0 aliphatic carbocycles. The highest BCUT2D eigenvalue weighted by Gasteiger charge is 2.25. The van der Waals surface area contributed by atoms with Gasteiger partial charge in [-0.05, 0) is 37.9 Å². The van der Waals surface area contributed by atoms with E-state index in [2.05, 4.69) is 32.8 Å². The van der Waals surface area contributed by atoms with Crippen molar-refractivity contribution in [2.75, 3.05) is 40.8 Å². The lowest BCUT2D eigenvalue weighted by Gasteiger charge is -2.28. The number of aliphatic hydroxyl groups is 1. The van der Waals surface area contributed by atoms with Crippen LogP contribution in [0.5, 0.6) is 0 Å². The predicted octanol–water partition coefficient (Wildman–Crippen LogP) is 0.285. The van der Waals surface area contributed by atoms with Crippen LogP contribution in [0.3, 0.4) is 0 Å². The van der Waals surface area contributed by atoms with Crippen LogP contribution >= 0.6 is 0 Å². The molecule has 1 aliphatic heterocycles. The van der Waals surface area contributed by atoms with Crippen LogP contribution in [-0.2, 0) is 27.0 Å². The molecule has 1 heterocycles. The number of nitrogens with one attached hydrogen (secondary N) is 4. The van der Waals surface area contributed by atoms with E-state index < -0.39 is 23.1 Å². The summed E-state index contributed by atoms with van der Waals surface area (Å²) in [6.07, 6.45) is 3.60. The zero-order chi connectivity index (χ0) is 26.1. The van der Waals surface area contributed by atoms with E-state index in [9.17, 15) is 18.9 Å². The predicted molar refractivity (Wildman–Crippen MR) is 141 cm³/mol. The third kappa shape index (κ3) is 13.2. The first kappa shape index (κ1) is 30.4. The summed E-state index contributed by atoms with van der Waals surface area (Å²) in [5.41, 5.74) is 0.933. The second-order valence-electron chi connectivity index (χ2n) is 8.08. The van der Waals surface area contributed by atoms with E-state index in [4.69, 9.17) is 0 Å². The number of nitrogens with zero attached hydrogens (tertiary/aromatic N) is 2. The van der Waals surface area contributed by atoms with Crippen LogP contribution in [0.15, 0.2) is 46.9 Å². The lowest BCUT2D eigenvalue weighted by Crippen LogP contribution is -2.49. The van der Waals surface area contributed by atoms with Gasteiger partial charge in [0, 0.05) is 40.5 Å². The van der Waals surface area contributed by atoms with Gasteiger partial charge in [-0.3, -0.25) is 14.6 Å². The highest BCUT2D eigenvalue weighted by atomic mass is 32.2. The molecule has 2 amide bonds. The molecule has 0 bridgehead atoms. The Morgan fingerprint density at radius 2 is 1.86 bits per heavy atom. The van der Waals surface area contributed by atoms with Crippen molar-refractivity contribution >= 4 is 29.1 Å². The fourth-order valence-corrected chi connectivity index (χ4v) is 4.06. The Morgan fingerprint density at radius 1 is 1.23 bits per heavy atom. The molecule has 1 fully saturated rings. The second kappa shape index (κ2) is 17.8. The minimum Gasteiger partial charge on any atom is -0.390 e. The van der Waals surface area contributed by atoms with Crippen LogP contribution in [0.25, 0.3) is 0 Å². The Balaban J connectivity index is 0.00000108. The van der Waals surface area contributed by atoms with E-state index in [1.165, 1.54) is 43.6 Å². The van der Waals surface area contributed by atoms with Crippen LogP contribution in [0, 0.1) is 0 Å². The largest absolute Gasteiger partial charge is 0.390 e. The summed E-state index contributed by atoms with van der Waals surface area (Å²) in [4.78, 5) is 27.4. The summed E-state index contributed by atoms with van der Waals surface area (Å²) in [6.45, 7) is 6.23. The van der Waals surface area contributed by atoms with Gasteiger partial charge in [0.1, 0.15) is 16.0 Å². The zero-order valence-electron chi connectivity index (χ0n) is 21.0. The third-order valence-corrected chi connectivity index (χ3v) is 6.47. The molecule has 0 radical (unpaired) electrons. The molecule has 3 unspecified atom stereocenters. The third-order valence-electron chi connectivity index (χ3n) is 5.22. The molecule has 1 saturated heterocycles. The Morgan fingerprint density at radius 3 is 2.40 bits per heavy atom. The number of carbonyl (C=O) groups excluding carboxylic acids is 2. The van der Waals surface area contributed by atoms with Gasteiger partial charge in [-0.1, -0.05) is 36.9 Å². The van der Waals surface area contributed by atoms with E-state index in [1.54, 1.807) is 14.1 Å². The topological polar surface area (TPSA) is 135 Å². The molecule has 1 aromatic rings. The molecule has 10 nitrogen and oxygen atoms in total. The molecule has 5 N–H and O–H groups in total. The molecule has 196 valence electrons. The monoisotopic (exact) mass is 508 g/mol. The zero-order valence-corrected chi connectivity index (χ0v) is 21.8. The highest BCUT2D eigenvalue weighted by Crippen LogP contribution is 2.10. The molecule has 0 aromatic heterocycles. The maximum atomic E-state index is 12.5. The average Bonchev–Trinajstić information content (AvgIpc) is 3.45. The van der Waals surface area contributed by atoms with Crippen molar-refractivity contribution in [2.24, 2.45) is 4.99 Å². The summed E-state index contributed by atoms with van der Waals surface area (Å²) < 4.78 is 13.9. The van der Waals surface area contributed by atoms with Crippen LogP contribution < -0.4 is 21.3 Å². The minimum absolute atomic E-state index is 0.0104. The maximum Gasteiger partial charge on any atom is 0.220 e. The van der Waals surface area contributed by atoms with E-state index in [-0.39, 0.29) is 36.2 Å². The Hall–Kier alpha value is -2.60. The molecule has 3 atom stereocenters. The van der Waals surface area contributed by atoms with Crippen LogP contribution in [0.4, 0.5) is 0 Å². The van der Waals surface area contributed by atoms with Gasteiger partial charge in [0.25, 0.3) is 0 Å². The van der Waals surface area contributed by atoms with E-state index in [1.807, 2.05) is 30.3 Å². The number of rotatable bonds is 13. The van der Waals surface area contributed by atoms with Gasteiger partial charge in [-0.15, -0.1) is 0 Å². The van der Waals surface area contributed by atoms with E-state index in [0.717, 1.165) is 5.56 Å². The van der Waals surface area contributed by atoms with Gasteiger partial charge in [-0.25, -0.2) is 8.51 Å². The van der Waals surface area contributed by atoms with Gasteiger partial charge in [0.2, 0.25) is 11.8 Å². The quantitative estimate of drug-likeness (QED) is 0.192. The van der Waals surface area contributed by atoms with Crippen molar-refractivity contribution in [1.82, 2.24) is 25.6 Å². The summed E-state index contributed by atoms with van der Waals surface area (Å²) in [5, 5.41) is 22.2. The fourth-order valence-electron chi connectivity index (χ4n) is 3.24. The van der Waals surface area contributed by atoms with Crippen molar-refractivity contribution in [2.45, 2.75) is 44.2 Å². The lowest BCUT2D eigenvalue weighted by atomic mass is 10.0. The highest BCUT2D eigenvalue weighted by molar-refractivity contribution is 7.86. The van der Waals surface area contributed by atoms with Crippen LogP contribution in [-0.4, -0.2) is 84.7 Å². The van der Waals surface area contributed by atoms with Gasteiger partial charge in [0.15, 0.2) is 0 Å². The van der Waals surface area contributed by atoms with Crippen molar-refractivity contribution in [3.63, 3.8) is 0 Å². The van der Waals surface area contributed by atoms with Gasteiger partial charge < -0.3 is 26.4 Å². The number of carbonyl (C=O) groups is 2. The molecule has 11 heteroatoms. The van der Waals surface area contributed by atoms with Gasteiger partial charge in [-0.2, -0.15) is 0 Å². The smallest absolute Gasteiger partial charge is 0.220 e. The molecule has 1 aliphatic rings. The van der Waals surface area contributed by atoms with Gasteiger partial charge >= 0.3 is 0 Å². The van der Waals surface area contributed by atoms with Crippen molar-refractivity contribution in [1.29, 1.82) is 0 Å². The van der Waals surface area contributed by atoms with E-state index >= 15 is 0 Å². The van der Waals surface area contributed by atoms with Gasteiger partial charge in [0.05, 0.1) is 18.5 Å². The van der Waals surface area contributed by atoms with E-state index in [0.29, 0.717) is 6.42 Å². The van der Waals surface area contributed by atoms with Crippen molar-refractivity contribution in [3.05, 3.63) is 47.5 Å². The second-order valence-corrected chi connectivity index (χ2v) is 9.69. The number of aliphatic hydroxyl groups excluding tert-OH is 1. The number of hydrogen-bond donors (Lipinski definition) is 5. The van der Waals surface area contributed by atoms with Crippen LogP contribution in [0.2, 0.25) is 0 Å². The molecular weight excluding hydrogens is 468 g/mol. The molecule has 0 saturated carbocycles.